The fraction of sp³-hybridized carbons (Fsp3) is 0.600. The lowest BCUT2D eigenvalue weighted by Gasteiger charge is -2.23. The van der Waals surface area contributed by atoms with Gasteiger partial charge in [-0.3, -0.25) is 0 Å². The molecular weight excluding hydrogens is 226 g/mol. The SMILES string of the molecule is C=CCCCCCNC1CCCc2sccc21. The molecule has 2 heteroatoms. The van der Waals surface area contributed by atoms with E-state index in [2.05, 4.69) is 23.3 Å². The van der Waals surface area contributed by atoms with Gasteiger partial charge in [-0.15, -0.1) is 17.9 Å². The van der Waals surface area contributed by atoms with Gasteiger partial charge >= 0.3 is 0 Å². The lowest BCUT2D eigenvalue weighted by Crippen LogP contribution is -2.25. The van der Waals surface area contributed by atoms with E-state index in [4.69, 9.17) is 0 Å². The first-order chi connectivity index (χ1) is 8.42. The van der Waals surface area contributed by atoms with E-state index < -0.39 is 0 Å². The van der Waals surface area contributed by atoms with Crippen LogP contribution >= 0.6 is 11.3 Å². The first-order valence-electron chi connectivity index (χ1n) is 6.82. The van der Waals surface area contributed by atoms with Crippen LogP contribution in [0.2, 0.25) is 0 Å². The monoisotopic (exact) mass is 249 g/mol. The summed E-state index contributed by atoms with van der Waals surface area (Å²) in [6.07, 6.45) is 11.1. The Balaban J connectivity index is 1.69. The van der Waals surface area contributed by atoms with Crippen molar-refractivity contribution >= 4 is 11.3 Å². The summed E-state index contributed by atoms with van der Waals surface area (Å²) < 4.78 is 0. The summed E-state index contributed by atoms with van der Waals surface area (Å²) in [5.74, 6) is 0. The summed E-state index contributed by atoms with van der Waals surface area (Å²) in [6.45, 7) is 4.92. The normalized spacial score (nSPS) is 18.9. The molecule has 94 valence electrons. The summed E-state index contributed by atoms with van der Waals surface area (Å²) in [7, 11) is 0. The second-order valence-electron chi connectivity index (χ2n) is 4.84. The van der Waals surface area contributed by atoms with Crippen LogP contribution in [0, 0.1) is 0 Å². The molecule has 0 spiro atoms. The Kier molecular flexibility index (Phi) is 5.27. The van der Waals surface area contributed by atoms with E-state index in [9.17, 15) is 0 Å². The Labute approximate surface area is 109 Å². The highest BCUT2D eigenvalue weighted by atomic mass is 32.1. The van der Waals surface area contributed by atoms with Crippen LogP contribution in [0.5, 0.6) is 0 Å². The molecule has 1 aliphatic carbocycles. The Morgan fingerprint density at radius 3 is 3.24 bits per heavy atom. The quantitative estimate of drug-likeness (QED) is 0.555. The van der Waals surface area contributed by atoms with Crippen molar-refractivity contribution in [1.82, 2.24) is 5.32 Å². The van der Waals surface area contributed by atoms with Crippen molar-refractivity contribution in [2.45, 2.75) is 51.0 Å². The van der Waals surface area contributed by atoms with Crippen molar-refractivity contribution in [2.75, 3.05) is 6.54 Å². The second-order valence-corrected chi connectivity index (χ2v) is 5.84. The molecule has 17 heavy (non-hydrogen) atoms. The summed E-state index contributed by atoms with van der Waals surface area (Å²) in [6, 6.07) is 2.94. The van der Waals surface area contributed by atoms with Gasteiger partial charge in [0.2, 0.25) is 0 Å². The standard InChI is InChI=1S/C15H23NS/c1-2-3-4-5-6-11-16-14-8-7-9-15-13(14)10-12-17-15/h2,10,12,14,16H,1,3-9,11H2. The summed E-state index contributed by atoms with van der Waals surface area (Å²) >= 11 is 1.93. The van der Waals surface area contributed by atoms with Crippen molar-refractivity contribution in [1.29, 1.82) is 0 Å². The van der Waals surface area contributed by atoms with Crippen LogP contribution in [-0.4, -0.2) is 6.54 Å². The smallest absolute Gasteiger partial charge is 0.0331 e. The van der Waals surface area contributed by atoms with Crippen molar-refractivity contribution in [2.24, 2.45) is 0 Å². The highest BCUT2D eigenvalue weighted by Gasteiger charge is 2.19. The van der Waals surface area contributed by atoms with E-state index in [0.717, 1.165) is 13.0 Å². The number of allylic oxidation sites excluding steroid dienone is 1. The third-order valence-electron chi connectivity index (χ3n) is 3.53. The van der Waals surface area contributed by atoms with Crippen LogP contribution in [0.4, 0.5) is 0 Å². The van der Waals surface area contributed by atoms with Gasteiger partial charge in [0.15, 0.2) is 0 Å². The zero-order valence-corrected chi connectivity index (χ0v) is 11.4. The molecule has 0 saturated heterocycles. The first-order valence-corrected chi connectivity index (χ1v) is 7.70. The van der Waals surface area contributed by atoms with Crippen molar-refractivity contribution < 1.29 is 0 Å². The lowest BCUT2D eigenvalue weighted by molar-refractivity contribution is 0.454. The third kappa shape index (κ3) is 3.68. The van der Waals surface area contributed by atoms with Gasteiger partial charge in [-0.25, -0.2) is 0 Å². The molecular formula is C15H23NS. The number of hydrogen-bond acceptors (Lipinski definition) is 2. The maximum absolute atomic E-state index is 3.76. The van der Waals surface area contributed by atoms with E-state index >= 15 is 0 Å². The van der Waals surface area contributed by atoms with Gasteiger partial charge in [0, 0.05) is 10.9 Å². The predicted octanol–water partition coefficient (Wildman–Crippen LogP) is 4.46. The number of aryl methyl sites for hydroxylation is 1. The van der Waals surface area contributed by atoms with Gasteiger partial charge in [-0.2, -0.15) is 0 Å². The maximum atomic E-state index is 3.76. The largest absolute Gasteiger partial charge is 0.310 e. The third-order valence-corrected chi connectivity index (χ3v) is 4.52. The molecule has 1 aromatic rings. The van der Waals surface area contributed by atoms with Gasteiger partial charge in [-0.1, -0.05) is 12.5 Å². The molecule has 1 aliphatic rings. The molecule has 0 saturated carbocycles. The highest BCUT2D eigenvalue weighted by Crippen LogP contribution is 2.33. The number of rotatable bonds is 7. The zero-order chi connectivity index (χ0) is 11.9. The first kappa shape index (κ1) is 12.8. The van der Waals surface area contributed by atoms with Crippen molar-refractivity contribution in [3.05, 3.63) is 34.5 Å². The van der Waals surface area contributed by atoms with Crippen LogP contribution in [0.1, 0.15) is 55.0 Å². The summed E-state index contributed by atoms with van der Waals surface area (Å²) in [5.41, 5.74) is 1.58. The molecule has 1 aromatic heterocycles. The van der Waals surface area contributed by atoms with Gasteiger partial charge in [0.05, 0.1) is 0 Å². The van der Waals surface area contributed by atoms with Crippen molar-refractivity contribution in [3.63, 3.8) is 0 Å². The maximum Gasteiger partial charge on any atom is 0.0331 e. The van der Waals surface area contributed by atoms with Gasteiger partial charge in [-0.05, 0) is 62.1 Å². The Hall–Kier alpha value is -0.600. The van der Waals surface area contributed by atoms with Crippen LogP contribution in [-0.2, 0) is 6.42 Å². The Morgan fingerprint density at radius 2 is 2.35 bits per heavy atom. The number of unbranched alkanes of at least 4 members (excludes halogenated alkanes) is 3. The van der Waals surface area contributed by atoms with Gasteiger partial charge in [0.25, 0.3) is 0 Å². The molecule has 1 atom stereocenters. The van der Waals surface area contributed by atoms with E-state index in [1.807, 2.05) is 17.4 Å². The molecule has 0 aromatic carbocycles. The second kappa shape index (κ2) is 6.97. The van der Waals surface area contributed by atoms with Crippen LogP contribution in [0.15, 0.2) is 24.1 Å². The molecule has 0 bridgehead atoms. The fourth-order valence-corrected chi connectivity index (χ4v) is 3.55. The van der Waals surface area contributed by atoms with E-state index in [1.165, 1.54) is 38.5 Å². The number of fused-ring (bicyclic) bond motifs is 1. The Morgan fingerprint density at radius 1 is 1.41 bits per heavy atom. The minimum atomic E-state index is 0.629. The van der Waals surface area contributed by atoms with E-state index in [0.29, 0.717) is 6.04 Å². The summed E-state index contributed by atoms with van der Waals surface area (Å²) in [4.78, 5) is 1.61. The predicted molar refractivity (Wildman–Crippen MR) is 76.7 cm³/mol. The number of thiophene rings is 1. The highest BCUT2D eigenvalue weighted by molar-refractivity contribution is 7.10. The molecule has 0 aliphatic heterocycles. The average Bonchev–Trinajstić information content (AvgIpc) is 2.82. The fourth-order valence-electron chi connectivity index (χ4n) is 2.57. The Bertz CT molecular complexity index is 342. The lowest BCUT2D eigenvalue weighted by atomic mass is 9.94. The number of nitrogens with one attached hydrogen (secondary N) is 1. The molecule has 0 radical (unpaired) electrons. The molecule has 1 nitrogen and oxygen atoms in total. The molecule has 1 N–H and O–H groups in total. The average molecular weight is 249 g/mol. The van der Waals surface area contributed by atoms with Gasteiger partial charge in [0.1, 0.15) is 0 Å². The molecule has 2 rings (SSSR count). The van der Waals surface area contributed by atoms with E-state index in [1.54, 1.807) is 10.4 Å². The minimum absolute atomic E-state index is 0.629. The van der Waals surface area contributed by atoms with Crippen molar-refractivity contribution in [3.8, 4) is 0 Å². The number of hydrogen-bond donors (Lipinski definition) is 1. The molecule has 1 heterocycles. The minimum Gasteiger partial charge on any atom is -0.310 e. The summed E-state index contributed by atoms with van der Waals surface area (Å²) in [5, 5.41) is 5.97. The van der Waals surface area contributed by atoms with Crippen LogP contribution in [0.25, 0.3) is 0 Å². The molecule has 0 fully saturated rings. The van der Waals surface area contributed by atoms with Gasteiger partial charge < -0.3 is 5.32 Å². The van der Waals surface area contributed by atoms with Crippen LogP contribution in [0.3, 0.4) is 0 Å². The van der Waals surface area contributed by atoms with E-state index in [-0.39, 0.29) is 0 Å². The topological polar surface area (TPSA) is 12.0 Å². The molecule has 0 amide bonds. The zero-order valence-electron chi connectivity index (χ0n) is 10.6. The molecule has 1 unspecified atom stereocenters. The van der Waals surface area contributed by atoms with Crippen LogP contribution < -0.4 is 5.32 Å².